The third kappa shape index (κ3) is 1.97. The normalized spacial score (nSPS) is 27.2. The number of aliphatic hydroxyl groups is 2. The van der Waals surface area contributed by atoms with Gasteiger partial charge in [-0.05, 0) is 0 Å². The van der Waals surface area contributed by atoms with Crippen LogP contribution in [0.5, 0.6) is 0 Å². The number of H-pyrrole nitrogens is 1. The summed E-state index contributed by atoms with van der Waals surface area (Å²) in [7, 11) is 0. The molecule has 9 nitrogen and oxygen atoms in total. The summed E-state index contributed by atoms with van der Waals surface area (Å²) in [5, 5.41) is 19.1. The lowest BCUT2D eigenvalue weighted by Crippen LogP contribution is -2.29. The molecule has 1 saturated heterocycles. The van der Waals surface area contributed by atoms with Crippen LogP contribution in [0.15, 0.2) is 11.1 Å². The third-order valence-electron chi connectivity index (χ3n) is 3.15. The summed E-state index contributed by atoms with van der Waals surface area (Å²) in [4.78, 5) is 21.9. The van der Waals surface area contributed by atoms with E-state index in [2.05, 4.69) is 15.0 Å². The standard InChI is InChI=1S/C10H13N5O4/c11-10-14-9(18)7-8(13-3-12-7)15(10)2-5-4(16)1-6(17)19-5/h3-6,16-17H,1-2H2,(H,12,13)(H2,11,14,18)/t4-,5+,6?/m0/s1. The Bertz CT molecular complexity index is 665. The van der Waals surface area contributed by atoms with Crippen LogP contribution in [0.1, 0.15) is 6.42 Å². The summed E-state index contributed by atoms with van der Waals surface area (Å²) in [6.07, 6.45) is -0.917. The van der Waals surface area contributed by atoms with Crippen LogP contribution in [0, 0.1) is 0 Å². The number of nitrogens with two attached hydrogens (primary N) is 1. The second-order valence-corrected chi connectivity index (χ2v) is 4.42. The molecule has 0 aliphatic carbocycles. The molecule has 3 heterocycles. The number of fused-ring (bicyclic) bond motifs is 1. The van der Waals surface area contributed by atoms with Gasteiger partial charge in [-0.3, -0.25) is 9.36 Å². The van der Waals surface area contributed by atoms with Gasteiger partial charge in [-0.15, -0.1) is 0 Å². The van der Waals surface area contributed by atoms with Crippen LogP contribution in [0.2, 0.25) is 0 Å². The minimum Gasteiger partial charge on any atom is -0.390 e. The summed E-state index contributed by atoms with van der Waals surface area (Å²) in [6.45, 7) is 0.151. The zero-order valence-electron chi connectivity index (χ0n) is 9.85. The van der Waals surface area contributed by atoms with E-state index in [1.54, 1.807) is 0 Å². The van der Waals surface area contributed by atoms with Gasteiger partial charge < -0.3 is 25.7 Å². The molecule has 9 heteroatoms. The predicted molar refractivity (Wildman–Crippen MR) is 64.1 cm³/mol. The highest BCUT2D eigenvalue weighted by atomic mass is 16.6. The van der Waals surface area contributed by atoms with E-state index >= 15 is 0 Å². The Kier molecular flexibility index (Phi) is 2.73. The average Bonchev–Trinajstić information content (AvgIpc) is 2.92. The topological polar surface area (TPSA) is 139 Å². The maximum absolute atomic E-state index is 11.6. The molecule has 2 aromatic heterocycles. The maximum Gasteiger partial charge on any atom is 0.300 e. The molecule has 0 saturated carbocycles. The smallest absolute Gasteiger partial charge is 0.300 e. The van der Waals surface area contributed by atoms with Crippen molar-refractivity contribution in [3.05, 3.63) is 16.7 Å². The number of anilines is 1. The van der Waals surface area contributed by atoms with E-state index < -0.39 is 24.1 Å². The lowest BCUT2D eigenvalue weighted by molar-refractivity contribution is -0.0985. The molecule has 0 aromatic carbocycles. The molecule has 102 valence electrons. The Morgan fingerprint density at radius 2 is 2.37 bits per heavy atom. The Balaban J connectivity index is 2.01. The number of aromatic amines is 1. The molecule has 0 amide bonds. The highest BCUT2D eigenvalue weighted by molar-refractivity contribution is 5.70. The number of nitrogen functional groups attached to an aromatic ring is 1. The van der Waals surface area contributed by atoms with Gasteiger partial charge in [-0.2, -0.15) is 4.98 Å². The van der Waals surface area contributed by atoms with Crippen LogP contribution >= 0.6 is 0 Å². The quantitative estimate of drug-likeness (QED) is 0.501. The summed E-state index contributed by atoms with van der Waals surface area (Å²) < 4.78 is 6.64. The molecule has 2 aromatic rings. The highest BCUT2D eigenvalue weighted by Crippen LogP contribution is 2.21. The van der Waals surface area contributed by atoms with Crippen LogP contribution in [0.25, 0.3) is 11.2 Å². The SMILES string of the molecule is Nc1nc(=O)c2[nH]cnc2n1C[C@H]1OC(O)C[C@@H]1O. The van der Waals surface area contributed by atoms with Gasteiger partial charge in [0.2, 0.25) is 5.95 Å². The largest absolute Gasteiger partial charge is 0.390 e. The van der Waals surface area contributed by atoms with Crippen LogP contribution < -0.4 is 11.3 Å². The van der Waals surface area contributed by atoms with E-state index in [4.69, 9.17) is 10.5 Å². The molecule has 1 fully saturated rings. The molecule has 19 heavy (non-hydrogen) atoms. The number of aliphatic hydroxyl groups excluding tert-OH is 2. The fourth-order valence-electron chi connectivity index (χ4n) is 2.21. The molecule has 1 aliphatic rings. The monoisotopic (exact) mass is 267 g/mol. The van der Waals surface area contributed by atoms with Gasteiger partial charge in [0.15, 0.2) is 17.5 Å². The lowest BCUT2D eigenvalue weighted by Gasteiger charge is -2.17. The van der Waals surface area contributed by atoms with Crippen molar-refractivity contribution in [3.8, 4) is 0 Å². The van der Waals surface area contributed by atoms with Gasteiger partial charge in [0.05, 0.1) is 19.0 Å². The van der Waals surface area contributed by atoms with E-state index in [-0.39, 0.29) is 24.4 Å². The Morgan fingerprint density at radius 1 is 1.58 bits per heavy atom. The second-order valence-electron chi connectivity index (χ2n) is 4.42. The Hall–Kier alpha value is -1.97. The van der Waals surface area contributed by atoms with Crippen LogP contribution in [-0.4, -0.2) is 48.2 Å². The summed E-state index contributed by atoms with van der Waals surface area (Å²) in [5.41, 5.74) is 5.79. The number of aromatic nitrogens is 4. The zero-order chi connectivity index (χ0) is 13.6. The number of hydrogen-bond donors (Lipinski definition) is 4. The molecule has 0 bridgehead atoms. The van der Waals surface area contributed by atoms with Crippen molar-refractivity contribution >= 4 is 17.1 Å². The van der Waals surface area contributed by atoms with Crippen molar-refractivity contribution in [1.82, 2.24) is 19.5 Å². The van der Waals surface area contributed by atoms with Crippen LogP contribution in [0.3, 0.4) is 0 Å². The highest BCUT2D eigenvalue weighted by Gasteiger charge is 2.33. The van der Waals surface area contributed by atoms with E-state index in [0.29, 0.717) is 5.65 Å². The number of rotatable bonds is 2. The number of imidazole rings is 1. The average molecular weight is 267 g/mol. The number of hydrogen-bond acceptors (Lipinski definition) is 7. The molecule has 1 aliphatic heterocycles. The van der Waals surface area contributed by atoms with Crippen LogP contribution in [0.4, 0.5) is 5.95 Å². The molecule has 5 N–H and O–H groups in total. The van der Waals surface area contributed by atoms with Crippen molar-refractivity contribution in [3.63, 3.8) is 0 Å². The first-order valence-electron chi connectivity index (χ1n) is 5.77. The summed E-state index contributed by atoms with van der Waals surface area (Å²) in [5.74, 6) is -0.0122. The van der Waals surface area contributed by atoms with E-state index in [1.165, 1.54) is 10.9 Å². The van der Waals surface area contributed by atoms with Crippen molar-refractivity contribution < 1.29 is 14.9 Å². The first-order valence-corrected chi connectivity index (χ1v) is 5.77. The predicted octanol–water partition coefficient (Wildman–Crippen LogP) is -1.83. The van der Waals surface area contributed by atoms with Gasteiger partial charge in [-0.25, -0.2) is 4.98 Å². The van der Waals surface area contributed by atoms with Gasteiger partial charge >= 0.3 is 5.56 Å². The second kappa shape index (κ2) is 4.30. The first kappa shape index (κ1) is 12.1. The Morgan fingerprint density at radius 3 is 3.05 bits per heavy atom. The molecular weight excluding hydrogens is 254 g/mol. The van der Waals surface area contributed by atoms with Crippen LogP contribution in [-0.2, 0) is 11.3 Å². The van der Waals surface area contributed by atoms with E-state index in [0.717, 1.165) is 0 Å². The minimum atomic E-state index is -0.997. The number of ether oxygens (including phenoxy) is 1. The van der Waals surface area contributed by atoms with Crippen molar-refractivity contribution in [1.29, 1.82) is 0 Å². The van der Waals surface area contributed by atoms with Gasteiger partial charge in [0.25, 0.3) is 0 Å². The molecule has 0 radical (unpaired) electrons. The van der Waals surface area contributed by atoms with Gasteiger partial charge in [0, 0.05) is 6.42 Å². The lowest BCUT2D eigenvalue weighted by atomic mass is 10.2. The summed E-state index contributed by atoms with van der Waals surface area (Å²) in [6, 6.07) is 0. The van der Waals surface area contributed by atoms with Gasteiger partial charge in [-0.1, -0.05) is 0 Å². The first-order chi connectivity index (χ1) is 9.06. The van der Waals surface area contributed by atoms with E-state index in [9.17, 15) is 15.0 Å². The minimum absolute atomic E-state index is 0.0122. The molecule has 3 rings (SSSR count). The molecule has 3 atom stereocenters. The molecule has 1 unspecified atom stereocenters. The number of nitrogens with zero attached hydrogens (tertiary/aromatic N) is 3. The molecule has 0 spiro atoms. The van der Waals surface area contributed by atoms with Crippen molar-refractivity contribution in [2.45, 2.75) is 31.5 Å². The van der Waals surface area contributed by atoms with Crippen molar-refractivity contribution in [2.24, 2.45) is 0 Å². The fraction of sp³-hybridized carbons (Fsp3) is 0.500. The molecular formula is C10H13N5O4. The fourth-order valence-corrected chi connectivity index (χ4v) is 2.21. The Labute approximate surface area is 106 Å². The maximum atomic E-state index is 11.6. The number of nitrogens with one attached hydrogen (secondary N) is 1. The summed E-state index contributed by atoms with van der Waals surface area (Å²) >= 11 is 0. The van der Waals surface area contributed by atoms with Gasteiger partial charge in [0.1, 0.15) is 6.10 Å². The third-order valence-corrected chi connectivity index (χ3v) is 3.15. The van der Waals surface area contributed by atoms with E-state index in [1.807, 2.05) is 0 Å². The zero-order valence-corrected chi connectivity index (χ0v) is 9.85. The van der Waals surface area contributed by atoms with Crippen molar-refractivity contribution in [2.75, 3.05) is 5.73 Å².